The molecule has 94 heavy (non-hydrogen) atoms. The molecule has 9 heteroatoms. The van der Waals surface area contributed by atoms with Crippen molar-refractivity contribution in [1.82, 2.24) is 22.8 Å². The SMILES string of the molecule is CC1(C)c2ccccc2-c2cc3c4ccc(-c5ccc6c7cc8c(cc7n(-c7ccccc7)c6c5)c5ccccc5n8-c5cc(C#N)c(-n6c7ccccc7c7ccccc76)cc5C#N)cc4n(-c4cc(C#N)c(-n5c6ccccc6c6ccccc65)cc4C#N)c3cc21. The second-order valence-electron chi connectivity index (χ2n) is 25.3. The molecule has 1 aliphatic rings. The minimum Gasteiger partial charge on any atom is -0.309 e. The summed E-state index contributed by atoms with van der Waals surface area (Å²) in [4.78, 5) is 0. The van der Waals surface area contributed by atoms with Crippen molar-refractivity contribution in [2.75, 3.05) is 0 Å². The number of benzene rings is 13. The minimum atomic E-state index is -0.307. The topological polar surface area (TPSA) is 120 Å². The lowest BCUT2D eigenvalue weighted by Crippen LogP contribution is -2.15. The normalized spacial score (nSPS) is 12.6. The zero-order chi connectivity index (χ0) is 62.8. The maximum absolute atomic E-state index is 11.5. The Morgan fingerprint density at radius 1 is 0.245 bits per heavy atom. The fraction of sp³-hybridized carbons (Fsp3) is 0.0353. The zero-order valence-corrected chi connectivity index (χ0v) is 50.9. The van der Waals surface area contributed by atoms with Gasteiger partial charge in [-0.3, -0.25) is 0 Å². The average molecular weight is 1200 g/mol. The Bertz CT molecular complexity index is 6520. The van der Waals surface area contributed by atoms with Gasteiger partial charge in [-0.2, -0.15) is 21.0 Å². The molecule has 0 radical (unpaired) electrons. The van der Waals surface area contributed by atoms with Crippen LogP contribution in [0.15, 0.2) is 261 Å². The lowest BCUT2D eigenvalue weighted by atomic mass is 9.82. The van der Waals surface area contributed by atoms with E-state index in [0.29, 0.717) is 45.0 Å². The summed E-state index contributed by atoms with van der Waals surface area (Å²) in [5.74, 6) is 0. The number of hydrogen-bond donors (Lipinski definition) is 0. The van der Waals surface area contributed by atoms with Crippen molar-refractivity contribution >= 4 is 109 Å². The summed E-state index contributed by atoms with van der Waals surface area (Å²) in [6.45, 7) is 4.58. The van der Waals surface area contributed by atoms with Gasteiger partial charge in [-0.25, -0.2) is 0 Å². The van der Waals surface area contributed by atoms with Crippen LogP contribution in [0.5, 0.6) is 0 Å². The molecule has 0 aliphatic heterocycles. The molecule has 0 amide bonds. The van der Waals surface area contributed by atoms with Crippen molar-refractivity contribution in [3.63, 3.8) is 0 Å². The molecule has 1 aliphatic carbocycles. The molecular weight excluding hydrogens is 1150 g/mol. The quantitative estimate of drug-likeness (QED) is 0.165. The first kappa shape index (κ1) is 52.7. The summed E-state index contributed by atoms with van der Waals surface area (Å²) >= 11 is 0. The van der Waals surface area contributed by atoms with E-state index in [-0.39, 0.29) is 5.41 Å². The Labute approximate surface area is 538 Å². The van der Waals surface area contributed by atoms with Crippen LogP contribution in [-0.2, 0) is 5.41 Å². The molecule has 5 aromatic heterocycles. The predicted molar refractivity (Wildman–Crippen MR) is 380 cm³/mol. The van der Waals surface area contributed by atoms with Gasteiger partial charge in [0.1, 0.15) is 24.3 Å². The highest BCUT2D eigenvalue weighted by Gasteiger charge is 2.37. The number of nitrogens with zero attached hydrogens (tertiary/aromatic N) is 9. The van der Waals surface area contributed by atoms with E-state index in [1.165, 1.54) is 22.3 Å². The molecule has 0 bridgehead atoms. The van der Waals surface area contributed by atoms with Gasteiger partial charge in [-0.15, -0.1) is 0 Å². The van der Waals surface area contributed by atoms with E-state index < -0.39 is 0 Å². The standard InChI is InChI=1S/C85H49N9/c1-85(2)69-26-12-6-20-57(69)65-42-66-63-34-32-51(37-81(63)94(84(66)45-70(65)85)79-41-53(47-87)77(39-55(79)49-89)92-73-29-15-9-23-60(73)61-24-10-16-30-74(61)92)50-33-35-64-68-44-83-67(43-82(68)90(80(64)36-50)56-18-4-3-5-19-56)62-25-11-17-31-75(62)93(83)78-40-52(46-86)76(38-54(78)48-88)91-71-27-13-7-21-58(71)59-22-8-14-28-72(59)91/h3-45H,1-2H3. The Kier molecular flexibility index (Phi) is 10.9. The third-order valence-corrected chi connectivity index (χ3v) is 20.2. The Hall–Kier alpha value is -13.2. The second-order valence-corrected chi connectivity index (χ2v) is 25.3. The fourth-order valence-corrected chi connectivity index (χ4v) is 16.0. The van der Waals surface area contributed by atoms with Crippen molar-refractivity contribution in [2.24, 2.45) is 0 Å². The maximum Gasteiger partial charge on any atom is 0.101 e. The first-order valence-electron chi connectivity index (χ1n) is 31.5. The summed E-state index contributed by atoms with van der Waals surface area (Å²) in [6, 6.07) is 101. The first-order valence-corrected chi connectivity index (χ1v) is 31.5. The van der Waals surface area contributed by atoms with Crippen LogP contribution in [0.1, 0.15) is 47.2 Å². The molecule has 434 valence electrons. The van der Waals surface area contributed by atoms with Crippen molar-refractivity contribution < 1.29 is 0 Å². The molecule has 19 rings (SSSR count). The van der Waals surface area contributed by atoms with E-state index in [9.17, 15) is 21.0 Å². The van der Waals surface area contributed by atoms with E-state index in [1.54, 1.807) is 0 Å². The highest BCUT2D eigenvalue weighted by atomic mass is 15.0. The van der Waals surface area contributed by atoms with Gasteiger partial charge < -0.3 is 22.8 Å². The van der Waals surface area contributed by atoms with Crippen LogP contribution in [0.25, 0.3) is 160 Å². The van der Waals surface area contributed by atoms with Gasteiger partial charge in [0.2, 0.25) is 0 Å². The monoisotopic (exact) mass is 1200 g/mol. The Balaban J connectivity index is 0.832. The highest BCUT2D eigenvalue weighted by Crippen LogP contribution is 2.52. The number of para-hydroxylation sites is 6. The van der Waals surface area contributed by atoms with E-state index in [1.807, 2.05) is 84.9 Å². The number of aromatic nitrogens is 5. The Morgan fingerprint density at radius 2 is 0.564 bits per heavy atom. The van der Waals surface area contributed by atoms with Crippen LogP contribution in [0, 0.1) is 45.3 Å². The van der Waals surface area contributed by atoms with Crippen LogP contribution < -0.4 is 0 Å². The molecule has 0 spiro atoms. The summed E-state index contributed by atoms with van der Waals surface area (Å²) in [7, 11) is 0. The van der Waals surface area contributed by atoms with Gasteiger partial charge in [0.15, 0.2) is 0 Å². The molecule has 13 aromatic carbocycles. The fourth-order valence-electron chi connectivity index (χ4n) is 16.0. The smallest absolute Gasteiger partial charge is 0.101 e. The van der Waals surface area contributed by atoms with Gasteiger partial charge in [-0.05, 0) is 137 Å². The number of nitriles is 4. The van der Waals surface area contributed by atoms with E-state index in [0.717, 1.165) is 126 Å². The molecule has 0 atom stereocenters. The number of fused-ring (bicyclic) bond motifs is 18. The summed E-state index contributed by atoms with van der Waals surface area (Å²) in [5.41, 5.74) is 21.4. The van der Waals surface area contributed by atoms with Gasteiger partial charge in [-0.1, -0.05) is 172 Å². The van der Waals surface area contributed by atoms with Crippen LogP contribution in [-0.4, -0.2) is 22.8 Å². The van der Waals surface area contributed by atoms with Crippen LogP contribution in [0.2, 0.25) is 0 Å². The van der Waals surface area contributed by atoms with E-state index in [2.05, 4.69) is 237 Å². The van der Waals surface area contributed by atoms with Gasteiger partial charge in [0.05, 0.1) is 100 Å². The molecule has 0 fully saturated rings. The molecule has 9 nitrogen and oxygen atoms in total. The van der Waals surface area contributed by atoms with Crippen LogP contribution in [0.4, 0.5) is 0 Å². The van der Waals surface area contributed by atoms with Crippen molar-refractivity contribution in [2.45, 2.75) is 19.3 Å². The molecule has 0 unspecified atom stereocenters. The predicted octanol–water partition coefficient (Wildman–Crippen LogP) is 20.6. The molecule has 0 N–H and O–H groups in total. The third-order valence-electron chi connectivity index (χ3n) is 20.2. The van der Waals surface area contributed by atoms with E-state index in [4.69, 9.17) is 0 Å². The number of rotatable bonds is 6. The molecule has 18 aromatic rings. The maximum atomic E-state index is 11.5. The molecule has 0 saturated heterocycles. The molecular formula is C85H49N9. The summed E-state index contributed by atoms with van der Waals surface area (Å²) < 4.78 is 11.0. The van der Waals surface area contributed by atoms with Crippen molar-refractivity contribution in [1.29, 1.82) is 21.0 Å². The highest BCUT2D eigenvalue weighted by molar-refractivity contribution is 6.20. The number of hydrogen-bond acceptors (Lipinski definition) is 4. The molecule has 5 heterocycles. The Morgan fingerprint density at radius 3 is 1.01 bits per heavy atom. The van der Waals surface area contributed by atoms with Gasteiger partial charge >= 0.3 is 0 Å². The van der Waals surface area contributed by atoms with Crippen molar-refractivity contribution in [3.8, 4) is 75.0 Å². The second kappa shape index (κ2) is 19.4. The van der Waals surface area contributed by atoms with Crippen LogP contribution >= 0.6 is 0 Å². The zero-order valence-electron chi connectivity index (χ0n) is 50.9. The lowest BCUT2D eigenvalue weighted by molar-refractivity contribution is 0.661. The van der Waals surface area contributed by atoms with Gasteiger partial charge in [0.25, 0.3) is 0 Å². The minimum absolute atomic E-state index is 0.307. The molecule has 0 saturated carbocycles. The first-order chi connectivity index (χ1) is 46.2. The van der Waals surface area contributed by atoms with Gasteiger partial charge in [0, 0.05) is 65.0 Å². The summed E-state index contributed by atoms with van der Waals surface area (Å²) in [5, 5.41) is 55.6. The average Bonchev–Trinajstić information content (AvgIpc) is 1.55. The largest absolute Gasteiger partial charge is 0.309 e. The summed E-state index contributed by atoms with van der Waals surface area (Å²) in [6.07, 6.45) is 0. The third kappa shape index (κ3) is 7.13. The van der Waals surface area contributed by atoms with Crippen LogP contribution in [0.3, 0.4) is 0 Å². The lowest BCUT2D eigenvalue weighted by Gasteiger charge is -2.22. The van der Waals surface area contributed by atoms with Crippen molar-refractivity contribution in [3.05, 3.63) is 294 Å². The van der Waals surface area contributed by atoms with E-state index >= 15 is 0 Å².